The highest BCUT2D eigenvalue weighted by atomic mass is 35.5. The number of benzene rings is 2. The van der Waals surface area contributed by atoms with Gasteiger partial charge in [0.25, 0.3) is 10.0 Å². The average molecular weight is 423 g/mol. The predicted octanol–water partition coefficient (Wildman–Crippen LogP) is 4.71. The van der Waals surface area contributed by atoms with Crippen LogP contribution in [0.2, 0.25) is 15.1 Å². The molecule has 9 heteroatoms. The largest absolute Gasteiger partial charge is 0.481 e. The summed E-state index contributed by atoms with van der Waals surface area (Å²) in [7, 11) is -3.97. The van der Waals surface area contributed by atoms with Gasteiger partial charge in [0.2, 0.25) is 0 Å². The first-order valence-electron chi connectivity index (χ1n) is 7.17. The van der Waals surface area contributed by atoms with Crippen molar-refractivity contribution < 1.29 is 18.3 Å². The summed E-state index contributed by atoms with van der Waals surface area (Å²) >= 11 is 18.0. The molecule has 0 aliphatic heterocycles. The van der Waals surface area contributed by atoms with Crippen LogP contribution < -0.4 is 4.31 Å². The molecule has 2 aromatic carbocycles. The van der Waals surface area contributed by atoms with E-state index in [1.165, 1.54) is 36.4 Å². The fourth-order valence-electron chi connectivity index (χ4n) is 2.16. The molecule has 0 atom stereocenters. The number of hydrogen-bond donors (Lipinski definition) is 1. The van der Waals surface area contributed by atoms with Crippen molar-refractivity contribution in [1.82, 2.24) is 0 Å². The van der Waals surface area contributed by atoms with E-state index in [1.807, 2.05) is 0 Å². The Morgan fingerprint density at radius 3 is 2.28 bits per heavy atom. The van der Waals surface area contributed by atoms with Gasteiger partial charge in [0.05, 0.1) is 20.6 Å². The van der Waals surface area contributed by atoms with Crippen molar-refractivity contribution >= 4 is 56.5 Å². The van der Waals surface area contributed by atoms with Crippen molar-refractivity contribution in [1.29, 1.82) is 0 Å². The Kier molecular flexibility index (Phi) is 6.57. The van der Waals surface area contributed by atoms with Gasteiger partial charge < -0.3 is 5.11 Å². The molecule has 0 heterocycles. The Morgan fingerprint density at radius 1 is 1.04 bits per heavy atom. The number of halogens is 3. The minimum absolute atomic E-state index is 0.0169. The molecule has 5 nitrogen and oxygen atoms in total. The van der Waals surface area contributed by atoms with E-state index in [-0.39, 0.29) is 40.0 Å². The minimum Gasteiger partial charge on any atom is -0.481 e. The quantitative estimate of drug-likeness (QED) is 0.701. The van der Waals surface area contributed by atoms with Gasteiger partial charge in [-0.25, -0.2) is 8.42 Å². The molecule has 1 N–H and O–H groups in total. The summed E-state index contributed by atoms with van der Waals surface area (Å²) in [6.07, 6.45) is -0.0597. The molecule has 0 spiro atoms. The highest BCUT2D eigenvalue weighted by molar-refractivity contribution is 7.92. The molecule has 0 fully saturated rings. The Bertz CT molecular complexity index is 869. The minimum atomic E-state index is -3.97. The molecule has 0 amide bonds. The zero-order valence-corrected chi connectivity index (χ0v) is 15.9. The van der Waals surface area contributed by atoms with Crippen LogP contribution in [-0.2, 0) is 14.8 Å². The maximum Gasteiger partial charge on any atom is 0.303 e. The van der Waals surface area contributed by atoms with Crippen LogP contribution in [0.25, 0.3) is 0 Å². The summed E-state index contributed by atoms with van der Waals surface area (Å²) in [6.45, 7) is -0.0582. The van der Waals surface area contributed by atoms with Gasteiger partial charge in [0.15, 0.2) is 0 Å². The summed E-state index contributed by atoms with van der Waals surface area (Å²) in [4.78, 5) is 10.8. The lowest BCUT2D eigenvalue weighted by Crippen LogP contribution is -2.32. The first-order chi connectivity index (χ1) is 11.7. The molecule has 134 valence electrons. The van der Waals surface area contributed by atoms with Gasteiger partial charge in [0.1, 0.15) is 0 Å². The number of carboxylic acids is 1. The topological polar surface area (TPSA) is 74.7 Å². The van der Waals surface area contributed by atoms with E-state index in [2.05, 4.69) is 0 Å². The zero-order valence-electron chi connectivity index (χ0n) is 12.8. The van der Waals surface area contributed by atoms with E-state index in [1.54, 1.807) is 6.07 Å². The first kappa shape index (κ1) is 19.8. The van der Waals surface area contributed by atoms with Crippen LogP contribution in [0, 0.1) is 0 Å². The Morgan fingerprint density at radius 2 is 1.68 bits per heavy atom. The molecule has 2 aromatic rings. The number of carboxylic acid groups (broad SMARTS) is 1. The summed E-state index contributed by atoms with van der Waals surface area (Å²) in [6, 6.07) is 10.3. The molecule has 0 aliphatic carbocycles. The second-order valence-electron chi connectivity index (χ2n) is 5.10. The van der Waals surface area contributed by atoms with Gasteiger partial charge in [-0.15, -0.1) is 0 Å². The second-order valence-corrected chi connectivity index (χ2v) is 8.19. The SMILES string of the molecule is O=C(O)CCCN(c1cccc(Cl)c1Cl)S(=O)(=O)c1ccc(Cl)cc1. The van der Waals surface area contributed by atoms with E-state index in [0.29, 0.717) is 5.02 Å². The lowest BCUT2D eigenvalue weighted by molar-refractivity contribution is -0.137. The summed E-state index contributed by atoms with van der Waals surface area (Å²) in [5, 5.41) is 9.50. The number of carbonyl (C=O) groups is 1. The summed E-state index contributed by atoms with van der Waals surface area (Å²) < 4.78 is 27.1. The van der Waals surface area contributed by atoms with Crippen molar-refractivity contribution in [3.63, 3.8) is 0 Å². The van der Waals surface area contributed by atoms with Crippen LogP contribution in [0.3, 0.4) is 0 Å². The summed E-state index contributed by atoms with van der Waals surface area (Å²) in [5.41, 5.74) is 0.189. The maximum atomic E-state index is 13.0. The standard InChI is InChI=1S/C16H14Cl3NO4S/c17-11-6-8-12(9-7-11)25(23,24)20(10-2-5-15(21)22)14-4-1-3-13(18)16(14)19/h1,3-4,6-9H,2,5,10H2,(H,21,22). The smallest absolute Gasteiger partial charge is 0.303 e. The molecule has 0 unspecified atom stereocenters. The summed E-state index contributed by atoms with van der Waals surface area (Å²) in [5.74, 6) is -1.01. The van der Waals surface area contributed by atoms with Gasteiger partial charge in [-0.2, -0.15) is 0 Å². The van der Waals surface area contributed by atoms with Crippen molar-refractivity contribution in [3.05, 3.63) is 57.5 Å². The molecule has 0 saturated carbocycles. The second kappa shape index (κ2) is 8.27. The molecular weight excluding hydrogens is 409 g/mol. The monoisotopic (exact) mass is 421 g/mol. The van der Waals surface area contributed by atoms with Crippen LogP contribution in [0.4, 0.5) is 5.69 Å². The fraction of sp³-hybridized carbons (Fsp3) is 0.188. The first-order valence-corrected chi connectivity index (χ1v) is 9.75. The van der Waals surface area contributed by atoms with Crippen molar-refractivity contribution in [2.75, 3.05) is 10.8 Å². The maximum absolute atomic E-state index is 13.0. The zero-order chi connectivity index (χ0) is 18.6. The number of hydrogen-bond acceptors (Lipinski definition) is 3. The molecule has 2 rings (SSSR count). The third kappa shape index (κ3) is 4.79. The van der Waals surface area contributed by atoms with E-state index in [0.717, 1.165) is 4.31 Å². The number of aliphatic carboxylic acids is 1. The Hall–Kier alpha value is -1.47. The van der Waals surface area contributed by atoms with Crippen LogP contribution in [0.15, 0.2) is 47.4 Å². The van der Waals surface area contributed by atoms with E-state index in [4.69, 9.17) is 39.9 Å². The highest BCUT2D eigenvalue weighted by Gasteiger charge is 2.27. The average Bonchev–Trinajstić information content (AvgIpc) is 2.55. The Labute approximate surface area is 160 Å². The van der Waals surface area contributed by atoms with Crippen molar-refractivity contribution in [3.8, 4) is 0 Å². The van der Waals surface area contributed by atoms with Crippen LogP contribution >= 0.6 is 34.8 Å². The van der Waals surface area contributed by atoms with Crippen LogP contribution in [-0.4, -0.2) is 26.0 Å². The highest BCUT2D eigenvalue weighted by Crippen LogP contribution is 2.35. The molecular formula is C16H14Cl3NO4S. The molecule has 0 radical (unpaired) electrons. The number of sulfonamides is 1. The third-order valence-electron chi connectivity index (χ3n) is 3.35. The normalized spacial score (nSPS) is 11.3. The lowest BCUT2D eigenvalue weighted by atomic mass is 10.3. The molecule has 25 heavy (non-hydrogen) atoms. The van der Waals surface area contributed by atoms with Gasteiger partial charge in [-0.3, -0.25) is 9.10 Å². The van der Waals surface area contributed by atoms with E-state index >= 15 is 0 Å². The van der Waals surface area contributed by atoms with Gasteiger partial charge >= 0.3 is 5.97 Å². The molecule has 0 aromatic heterocycles. The van der Waals surface area contributed by atoms with Gasteiger partial charge in [-0.05, 0) is 42.8 Å². The fourth-order valence-corrected chi connectivity index (χ4v) is 4.25. The Balaban J connectivity index is 2.48. The molecule has 0 aliphatic rings. The number of rotatable bonds is 7. The number of anilines is 1. The van der Waals surface area contributed by atoms with Crippen LogP contribution in [0.5, 0.6) is 0 Å². The molecule has 0 saturated heterocycles. The van der Waals surface area contributed by atoms with Crippen molar-refractivity contribution in [2.24, 2.45) is 0 Å². The van der Waals surface area contributed by atoms with Crippen LogP contribution in [0.1, 0.15) is 12.8 Å². The van der Waals surface area contributed by atoms with Crippen molar-refractivity contribution in [2.45, 2.75) is 17.7 Å². The number of nitrogens with zero attached hydrogens (tertiary/aromatic N) is 1. The van der Waals surface area contributed by atoms with E-state index in [9.17, 15) is 13.2 Å². The lowest BCUT2D eigenvalue weighted by Gasteiger charge is -2.25. The third-order valence-corrected chi connectivity index (χ3v) is 6.24. The predicted molar refractivity (Wildman–Crippen MR) is 99.3 cm³/mol. The molecule has 0 bridgehead atoms. The van der Waals surface area contributed by atoms with Gasteiger partial charge in [0, 0.05) is 18.0 Å². The van der Waals surface area contributed by atoms with Gasteiger partial charge in [-0.1, -0.05) is 40.9 Å². The van der Waals surface area contributed by atoms with E-state index < -0.39 is 16.0 Å².